The number of hydrogen-bond acceptors (Lipinski definition) is 2. The zero-order valence-corrected chi connectivity index (χ0v) is 6.10. The van der Waals surface area contributed by atoms with Crippen LogP contribution in [-0.4, -0.2) is 18.7 Å². The Hall–Kier alpha value is -1.16. The molecular formula is C6H11N2O2+. The Kier molecular flexibility index (Phi) is 3.35. The second-order valence-electron chi connectivity index (χ2n) is 1.86. The van der Waals surface area contributed by atoms with Crippen molar-refractivity contribution in [3.8, 4) is 0 Å². The van der Waals surface area contributed by atoms with Gasteiger partial charge >= 0.3 is 5.91 Å². The first-order valence-corrected chi connectivity index (χ1v) is 2.84. The third-order valence-electron chi connectivity index (χ3n) is 0.896. The third kappa shape index (κ3) is 2.99. The predicted octanol–water partition coefficient (Wildman–Crippen LogP) is -1.55. The van der Waals surface area contributed by atoms with Gasteiger partial charge in [0.1, 0.15) is 0 Å². The van der Waals surface area contributed by atoms with Crippen molar-refractivity contribution in [1.82, 2.24) is 5.32 Å². The number of quaternary nitrogens is 1. The summed E-state index contributed by atoms with van der Waals surface area (Å²) in [5.74, 6) is -0.496. The Morgan fingerprint density at radius 2 is 2.00 bits per heavy atom. The van der Waals surface area contributed by atoms with E-state index >= 15 is 0 Å². The summed E-state index contributed by atoms with van der Waals surface area (Å²) in [4.78, 5) is 21.0. The molecule has 0 rings (SSSR count). The largest absolute Gasteiger partial charge is 0.351 e. The average molecular weight is 143 g/mol. The summed E-state index contributed by atoms with van der Waals surface area (Å²) in [6.45, 7) is 1.37. The summed E-state index contributed by atoms with van der Waals surface area (Å²) in [7, 11) is 1.49. The van der Waals surface area contributed by atoms with Gasteiger partial charge in [-0.3, -0.25) is 9.59 Å². The van der Waals surface area contributed by atoms with Crippen molar-refractivity contribution in [3.63, 3.8) is 0 Å². The van der Waals surface area contributed by atoms with Crippen LogP contribution in [0.4, 0.5) is 0 Å². The van der Waals surface area contributed by atoms with Gasteiger partial charge in [-0.25, -0.2) is 0 Å². The Bertz CT molecular complexity index is 184. The number of ketones is 1. The van der Waals surface area contributed by atoms with Crippen LogP contribution in [0.25, 0.3) is 0 Å². The number of nitrogens with one attached hydrogen (secondary N) is 1. The smallest absolute Gasteiger partial charge is 0.305 e. The van der Waals surface area contributed by atoms with Crippen molar-refractivity contribution in [2.45, 2.75) is 6.92 Å². The molecule has 0 radical (unpaired) electrons. The Balaban J connectivity index is 4.19. The lowest BCUT2D eigenvalue weighted by Crippen LogP contribution is -2.54. The molecule has 0 aliphatic heterocycles. The fourth-order valence-electron chi connectivity index (χ4n) is 0.471. The van der Waals surface area contributed by atoms with Crippen LogP contribution in [0.5, 0.6) is 0 Å². The van der Waals surface area contributed by atoms with Gasteiger partial charge in [0.15, 0.2) is 11.5 Å². The van der Waals surface area contributed by atoms with Crippen molar-refractivity contribution in [2.75, 3.05) is 7.05 Å². The Labute approximate surface area is 59.1 Å². The van der Waals surface area contributed by atoms with Gasteiger partial charge in [0.05, 0.1) is 0 Å². The zero-order valence-electron chi connectivity index (χ0n) is 6.10. The number of rotatable bonds is 2. The molecule has 4 heteroatoms. The minimum atomic E-state index is -0.324. The van der Waals surface area contributed by atoms with E-state index in [1.165, 1.54) is 20.0 Å². The molecule has 0 aliphatic rings. The van der Waals surface area contributed by atoms with Gasteiger partial charge in [-0.05, 0) is 6.92 Å². The maximum atomic E-state index is 10.7. The van der Waals surface area contributed by atoms with E-state index in [2.05, 4.69) is 11.1 Å². The van der Waals surface area contributed by atoms with E-state index in [0.717, 1.165) is 0 Å². The summed E-state index contributed by atoms with van der Waals surface area (Å²) in [6, 6.07) is 0. The molecule has 0 fully saturated rings. The fraction of sp³-hybridized carbons (Fsp3) is 0.333. The second-order valence-corrected chi connectivity index (χ2v) is 1.86. The van der Waals surface area contributed by atoms with Crippen molar-refractivity contribution in [2.24, 2.45) is 0 Å². The maximum absolute atomic E-state index is 10.7. The Morgan fingerprint density at radius 3 is 2.30 bits per heavy atom. The van der Waals surface area contributed by atoms with E-state index < -0.39 is 0 Å². The van der Waals surface area contributed by atoms with Crippen LogP contribution in [0.2, 0.25) is 0 Å². The van der Waals surface area contributed by atoms with Gasteiger partial charge in [0, 0.05) is 13.1 Å². The summed E-state index contributed by atoms with van der Waals surface area (Å²) in [6.07, 6.45) is 1.19. The van der Waals surface area contributed by atoms with Crippen LogP contribution < -0.4 is 11.1 Å². The molecule has 0 aromatic carbocycles. The molecule has 4 nitrogen and oxygen atoms in total. The highest BCUT2D eigenvalue weighted by molar-refractivity contribution is 5.98. The van der Waals surface area contributed by atoms with E-state index in [4.69, 9.17) is 0 Å². The minimum absolute atomic E-state index is 0.173. The van der Waals surface area contributed by atoms with E-state index in [1.54, 1.807) is 0 Å². The molecule has 0 aromatic heterocycles. The second kappa shape index (κ2) is 3.79. The van der Waals surface area contributed by atoms with E-state index in [9.17, 15) is 9.59 Å². The first kappa shape index (κ1) is 8.84. The number of carbonyl (C=O) groups excluding carboxylic acids is 2. The van der Waals surface area contributed by atoms with E-state index in [0.29, 0.717) is 0 Å². The molecule has 10 heavy (non-hydrogen) atoms. The molecular weight excluding hydrogens is 132 g/mol. The molecule has 0 atom stereocenters. The Morgan fingerprint density at radius 1 is 1.50 bits per heavy atom. The first-order valence-electron chi connectivity index (χ1n) is 2.84. The summed E-state index contributed by atoms with van der Waals surface area (Å²) in [5, 5.41) is 2.35. The van der Waals surface area contributed by atoms with Crippen molar-refractivity contribution >= 4 is 11.7 Å². The van der Waals surface area contributed by atoms with Crippen LogP contribution in [0.1, 0.15) is 6.92 Å². The molecule has 1 amide bonds. The lowest BCUT2D eigenvalue weighted by Gasteiger charge is -1.91. The SMILES string of the molecule is CNC(=O)C([NH3+])=CC(C)=O. The molecule has 0 saturated heterocycles. The fourth-order valence-corrected chi connectivity index (χ4v) is 0.471. The number of hydrogen-bond donors (Lipinski definition) is 2. The highest BCUT2D eigenvalue weighted by Gasteiger charge is 2.05. The van der Waals surface area contributed by atoms with Crippen LogP contribution in [0.15, 0.2) is 11.8 Å². The van der Waals surface area contributed by atoms with Gasteiger partial charge in [0.25, 0.3) is 0 Å². The standard InChI is InChI=1S/C6H10N2O2/c1-4(9)3-5(7)6(10)8-2/h3H,7H2,1-2H3,(H,8,10)/p+1. The highest BCUT2D eigenvalue weighted by Crippen LogP contribution is 1.80. The zero-order chi connectivity index (χ0) is 8.15. The number of likely N-dealkylation sites (N-methyl/N-ethyl adjacent to an activating group) is 1. The average Bonchev–Trinajstić information content (AvgIpc) is 1.85. The molecule has 0 heterocycles. The van der Waals surface area contributed by atoms with Gasteiger partial charge < -0.3 is 11.1 Å². The summed E-state index contributed by atoms with van der Waals surface area (Å²) >= 11 is 0. The molecule has 0 bridgehead atoms. The van der Waals surface area contributed by atoms with Crippen LogP contribution in [-0.2, 0) is 9.59 Å². The normalized spacial score (nSPS) is 10.9. The van der Waals surface area contributed by atoms with Gasteiger partial charge in [-0.2, -0.15) is 0 Å². The first-order chi connectivity index (χ1) is 4.57. The molecule has 0 aromatic rings. The van der Waals surface area contributed by atoms with Gasteiger partial charge in [-0.15, -0.1) is 0 Å². The quantitative estimate of drug-likeness (QED) is 0.459. The molecule has 56 valence electrons. The van der Waals surface area contributed by atoms with Gasteiger partial charge in [0.2, 0.25) is 0 Å². The summed E-state index contributed by atoms with van der Waals surface area (Å²) < 4.78 is 0. The molecule has 0 aliphatic carbocycles. The van der Waals surface area contributed by atoms with Gasteiger partial charge in [-0.1, -0.05) is 0 Å². The molecule has 0 unspecified atom stereocenters. The lowest BCUT2D eigenvalue weighted by atomic mass is 10.3. The molecule has 0 saturated carbocycles. The van der Waals surface area contributed by atoms with Crippen molar-refractivity contribution in [3.05, 3.63) is 11.8 Å². The van der Waals surface area contributed by atoms with Crippen LogP contribution in [0.3, 0.4) is 0 Å². The van der Waals surface area contributed by atoms with Crippen LogP contribution in [0, 0.1) is 0 Å². The number of amides is 1. The minimum Gasteiger partial charge on any atom is -0.351 e. The van der Waals surface area contributed by atoms with Crippen molar-refractivity contribution in [1.29, 1.82) is 0 Å². The van der Waals surface area contributed by atoms with E-state index in [1.807, 2.05) is 0 Å². The molecule has 4 N–H and O–H groups in total. The van der Waals surface area contributed by atoms with Crippen LogP contribution >= 0.6 is 0 Å². The monoisotopic (exact) mass is 143 g/mol. The molecule has 0 spiro atoms. The summed E-state index contributed by atoms with van der Waals surface area (Å²) in [5.41, 5.74) is 3.57. The topological polar surface area (TPSA) is 73.8 Å². The highest BCUT2D eigenvalue weighted by atomic mass is 16.2. The number of carbonyl (C=O) groups is 2. The predicted molar refractivity (Wildman–Crippen MR) is 35.7 cm³/mol. The van der Waals surface area contributed by atoms with E-state index in [-0.39, 0.29) is 17.4 Å². The lowest BCUT2D eigenvalue weighted by molar-refractivity contribution is -0.298. The number of allylic oxidation sites excluding steroid dienone is 1. The third-order valence-corrected chi connectivity index (χ3v) is 0.896. The van der Waals surface area contributed by atoms with Crippen molar-refractivity contribution < 1.29 is 15.3 Å². The maximum Gasteiger partial charge on any atom is 0.305 e.